The van der Waals surface area contributed by atoms with Gasteiger partial charge in [-0.25, -0.2) is 8.42 Å². The van der Waals surface area contributed by atoms with Gasteiger partial charge in [-0.3, -0.25) is 4.79 Å². The van der Waals surface area contributed by atoms with Gasteiger partial charge in [-0.15, -0.1) is 0 Å². The molecule has 1 aliphatic heterocycles. The highest BCUT2D eigenvalue weighted by atomic mass is 32.2. The highest BCUT2D eigenvalue weighted by Gasteiger charge is 2.26. The van der Waals surface area contributed by atoms with Crippen LogP contribution in [0.15, 0.2) is 29.2 Å². The monoisotopic (exact) mass is 327 g/mol. The fraction of sp³-hybridized carbons (Fsp3) is 0.500. The lowest BCUT2D eigenvalue weighted by Gasteiger charge is -2.26. The minimum atomic E-state index is -3.59. The third kappa shape index (κ3) is 4.04. The van der Waals surface area contributed by atoms with Crippen molar-refractivity contribution in [3.63, 3.8) is 0 Å². The lowest BCUT2D eigenvalue weighted by molar-refractivity contribution is 0.0730. The summed E-state index contributed by atoms with van der Waals surface area (Å²) >= 11 is 0. The molecule has 0 atom stereocenters. The number of benzene rings is 1. The zero-order valence-electron chi connectivity index (χ0n) is 12.3. The van der Waals surface area contributed by atoms with Crippen LogP contribution in [0.2, 0.25) is 0 Å². The second kappa shape index (κ2) is 7.68. The van der Waals surface area contributed by atoms with Crippen molar-refractivity contribution < 1.29 is 17.9 Å². The van der Waals surface area contributed by atoms with Crippen LogP contribution in [0.1, 0.15) is 16.8 Å². The molecule has 1 aromatic carbocycles. The zero-order valence-corrected chi connectivity index (χ0v) is 13.1. The molecule has 1 fully saturated rings. The molecule has 2 rings (SSSR count). The van der Waals surface area contributed by atoms with Crippen LogP contribution in [0, 0.1) is 0 Å². The molecule has 1 aromatic rings. The van der Waals surface area contributed by atoms with Gasteiger partial charge in [0.05, 0.1) is 18.1 Å². The number of nitrogens with zero attached hydrogens (tertiary/aromatic N) is 1. The average Bonchev–Trinajstić information content (AvgIpc) is 2.56. The summed E-state index contributed by atoms with van der Waals surface area (Å²) in [7, 11) is -3.59. The van der Waals surface area contributed by atoms with E-state index >= 15 is 0 Å². The number of nitrogens with two attached hydrogens (primary N) is 1. The molecule has 1 aliphatic rings. The van der Waals surface area contributed by atoms with Crippen LogP contribution in [-0.2, 0) is 14.8 Å². The lowest BCUT2D eigenvalue weighted by Crippen LogP contribution is -2.40. The maximum Gasteiger partial charge on any atom is 0.251 e. The summed E-state index contributed by atoms with van der Waals surface area (Å²) in [5, 5.41) is 2.71. The van der Waals surface area contributed by atoms with E-state index < -0.39 is 10.0 Å². The molecule has 0 spiro atoms. The standard InChI is InChI=1S/C14H21N3O4S/c15-5-2-6-16-14(18)12-3-1-4-13(11-12)22(19,20)17-7-9-21-10-8-17/h1,3-4,11H,2,5-10,15H2,(H,16,18). The Hall–Kier alpha value is -1.48. The van der Waals surface area contributed by atoms with Crippen LogP contribution in [0.5, 0.6) is 0 Å². The molecule has 0 saturated carbocycles. The number of carbonyl (C=O) groups excluding carboxylic acids is 1. The highest BCUT2D eigenvalue weighted by Crippen LogP contribution is 2.18. The molecule has 1 heterocycles. The van der Waals surface area contributed by atoms with E-state index in [0.717, 1.165) is 0 Å². The number of amides is 1. The summed E-state index contributed by atoms with van der Waals surface area (Å²) in [4.78, 5) is 12.1. The quantitative estimate of drug-likeness (QED) is 0.704. The van der Waals surface area contributed by atoms with E-state index in [9.17, 15) is 13.2 Å². The van der Waals surface area contributed by atoms with E-state index in [1.165, 1.54) is 16.4 Å². The molecule has 0 radical (unpaired) electrons. The van der Waals surface area contributed by atoms with Crippen LogP contribution in [0.25, 0.3) is 0 Å². The van der Waals surface area contributed by atoms with Gasteiger partial charge in [-0.2, -0.15) is 4.31 Å². The normalized spacial score (nSPS) is 16.4. The van der Waals surface area contributed by atoms with E-state index in [4.69, 9.17) is 10.5 Å². The summed E-state index contributed by atoms with van der Waals surface area (Å²) in [5.41, 5.74) is 5.70. The van der Waals surface area contributed by atoms with Crippen molar-refractivity contribution in [2.75, 3.05) is 39.4 Å². The maximum absolute atomic E-state index is 12.5. The fourth-order valence-corrected chi connectivity index (χ4v) is 3.59. The molecule has 0 unspecified atom stereocenters. The first-order valence-electron chi connectivity index (χ1n) is 7.22. The molecule has 122 valence electrons. The molecular formula is C14H21N3O4S. The largest absolute Gasteiger partial charge is 0.379 e. The van der Waals surface area contributed by atoms with Crippen LogP contribution >= 0.6 is 0 Å². The SMILES string of the molecule is NCCCNC(=O)c1cccc(S(=O)(=O)N2CCOCC2)c1. The van der Waals surface area contributed by atoms with Crippen LogP contribution in [0.4, 0.5) is 0 Å². The van der Waals surface area contributed by atoms with Gasteiger partial charge < -0.3 is 15.8 Å². The van der Waals surface area contributed by atoms with Gasteiger partial charge >= 0.3 is 0 Å². The summed E-state index contributed by atoms with van der Waals surface area (Å²) in [6.45, 7) is 2.39. The van der Waals surface area contributed by atoms with Crippen LogP contribution < -0.4 is 11.1 Å². The maximum atomic E-state index is 12.5. The Morgan fingerprint density at radius 3 is 2.73 bits per heavy atom. The van der Waals surface area contributed by atoms with Crippen molar-refractivity contribution in [2.45, 2.75) is 11.3 Å². The van der Waals surface area contributed by atoms with Gasteiger partial charge in [0.2, 0.25) is 10.0 Å². The van der Waals surface area contributed by atoms with Crippen molar-refractivity contribution in [1.29, 1.82) is 0 Å². The molecular weight excluding hydrogens is 306 g/mol. The number of ether oxygens (including phenoxy) is 1. The lowest BCUT2D eigenvalue weighted by atomic mass is 10.2. The number of sulfonamides is 1. The van der Waals surface area contributed by atoms with E-state index in [-0.39, 0.29) is 10.8 Å². The van der Waals surface area contributed by atoms with Gasteiger partial charge in [-0.05, 0) is 31.2 Å². The molecule has 8 heteroatoms. The van der Waals surface area contributed by atoms with E-state index in [1.54, 1.807) is 12.1 Å². The Balaban J connectivity index is 2.15. The number of rotatable bonds is 6. The fourth-order valence-electron chi connectivity index (χ4n) is 2.14. The van der Waals surface area contributed by atoms with Gasteiger partial charge in [0, 0.05) is 25.2 Å². The number of carbonyl (C=O) groups is 1. The number of nitrogens with one attached hydrogen (secondary N) is 1. The molecule has 0 aliphatic carbocycles. The Morgan fingerprint density at radius 2 is 2.05 bits per heavy atom. The van der Waals surface area contributed by atoms with Gasteiger partial charge in [0.1, 0.15) is 0 Å². The Morgan fingerprint density at radius 1 is 1.32 bits per heavy atom. The van der Waals surface area contributed by atoms with Gasteiger partial charge in [0.15, 0.2) is 0 Å². The van der Waals surface area contributed by atoms with Crippen molar-refractivity contribution in [2.24, 2.45) is 5.73 Å². The zero-order chi connectivity index (χ0) is 16.0. The minimum absolute atomic E-state index is 0.126. The predicted octanol–water partition coefficient (Wildman–Crippen LogP) is -0.214. The van der Waals surface area contributed by atoms with Crippen LogP contribution in [-0.4, -0.2) is 58.0 Å². The minimum Gasteiger partial charge on any atom is -0.379 e. The smallest absolute Gasteiger partial charge is 0.251 e. The predicted molar refractivity (Wildman–Crippen MR) is 82.0 cm³/mol. The van der Waals surface area contributed by atoms with E-state index in [1.807, 2.05) is 0 Å². The highest BCUT2D eigenvalue weighted by molar-refractivity contribution is 7.89. The summed E-state index contributed by atoms with van der Waals surface area (Å²) in [6.07, 6.45) is 0.678. The first-order valence-corrected chi connectivity index (χ1v) is 8.66. The Labute approximate surface area is 130 Å². The Bertz CT molecular complexity index is 612. The van der Waals surface area contributed by atoms with Crippen LogP contribution in [0.3, 0.4) is 0 Å². The van der Waals surface area contributed by atoms with Crippen molar-refractivity contribution in [1.82, 2.24) is 9.62 Å². The Kier molecular flexibility index (Phi) is 5.90. The molecule has 0 bridgehead atoms. The van der Waals surface area contributed by atoms with Crippen molar-refractivity contribution >= 4 is 15.9 Å². The molecule has 3 N–H and O–H groups in total. The van der Waals surface area contributed by atoms with Crippen molar-refractivity contribution in [3.8, 4) is 0 Å². The average molecular weight is 327 g/mol. The topological polar surface area (TPSA) is 102 Å². The molecule has 0 aromatic heterocycles. The number of hydrogen-bond donors (Lipinski definition) is 2. The van der Waals surface area contributed by atoms with E-state index in [0.29, 0.717) is 51.4 Å². The second-order valence-corrected chi connectivity index (χ2v) is 6.88. The third-order valence-electron chi connectivity index (χ3n) is 3.37. The molecule has 7 nitrogen and oxygen atoms in total. The van der Waals surface area contributed by atoms with Crippen molar-refractivity contribution in [3.05, 3.63) is 29.8 Å². The third-order valence-corrected chi connectivity index (χ3v) is 5.27. The number of morpholine rings is 1. The second-order valence-electron chi connectivity index (χ2n) is 4.94. The summed E-state index contributed by atoms with van der Waals surface area (Å²) in [5.74, 6) is -0.299. The molecule has 1 saturated heterocycles. The summed E-state index contributed by atoms with van der Waals surface area (Å²) < 4.78 is 31.6. The number of hydrogen-bond acceptors (Lipinski definition) is 5. The van der Waals surface area contributed by atoms with Gasteiger partial charge in [0.25, 0.3) is 5.91 Å². The van der Waals surface area contributed by atoms with Gasteiger partial charge in [-0.1, -0.05) is 6.07 Å². The first-order chi connectivity index (χ1) is 10.6. The summed E-state index contributed by atoms with van der Waals surface area (Å²) in [6, 6.07) is 6.07. The van der Waals surface area contributed by atoms with E-state index in [2.05, 4.69) is 5.32 Å². The first kappa shape index (κ1) is 16.9. The molecule has 1 amide bonds. The molecule has 22 heavy (non-hydrogen) atoms.